The Morgan fingerprint density at radius 2 is 1.96 bits per heavy atom. The fourth-order valence-corrected chi connectivity index (χ4v) is 3.66. The SMILES string of the molecule is COc1ccccc1C1CCN(c2ccc(C=CC(=O)O)cc2[N+](=O)[O-])CC1. The number of carboxylic acid groups (broad SMARTS) is 1. The smallest absolute Gasteiger partial charge is 0.328 e. The molecule has 3 rings (SSSR count). The summed E-state index contributed by atoms with van der Waals surface area (Å²) >= 11 is 0. The Bertz CT molecular complexity index is 901. The first-order chi connectivity index (χ1) is 13.5. The van der Waals surface area contributed by atoms with Gasteiger partial charge in [-0.25, -0.2) is 4.79 Å². The van der Waals surface area contributed by atoms with E-state index in [2.05, 4.69) is 6.07 Å². The average molecular weight is 382 g/mol. The Hall–Kier alpha value is -3.35. The molecule has 7 heteroatoms. The zero-order valence-electron chi connectivity index (χ0n) is 15.6. The molecule has 0 radical (unpaired) electrons. The van der Waals surface area contributed by atoms with Gasteiger partial charge >= 0.3 is 5.97 Å². The minimum Gasteiger partial charge on any atom is -0.496 e. The molecular formula is C21H22N2O5. The van der Waals surface area contributed by atoms with Crippen LogP contribution in [0.1, 0.15) is 29.9 Å². The second-order valence-electron chi connectivity index (χ2n) is 6.68. The van der Waals surface area contributed by atoms with Crippen LogP contribution in [0.5, 0.6) is 5.75 Å². The topological polar surface area (TPSA) is 92.9 Å². The maximum absolute atomic E-state index is 11.5. The highest BCUT2D eigenvalue weighted by molar-refractivity contribution is 5.85. The molecule has 0 atom stereocenters. The first kappa shape index (κ1) is 19.4. The third-order valence-electron chi connectivity index (χ3n) is 5.03. The highest BCUT2D eigenvalue weighted by atomic mass is 16.6. The normalized spacial score (nSPS) is 15.0. The molecule has 146 valence electrons. The monoisotopic (exact) mass is 382 g/mol. The largest absolute Gasteiger partial charge is 0.496 e. The van der Waals surface area contributed by atoms with E-state index in [1.54, 1.807) is 19.2 Å². The maximum Gasteiger partial charge on any atom is 0.328 e. The van der Waals surface area contributed by atoms with Gasteiger partial charge in [0, 0.05) is 25.2 Å². The van der Waals surface area contributed by atoms with Crippen molar-refractivity contribution in [3.8, 4) is 5.75 Å². The Labute approximate surface area is 163 Å². The first-order valence-electron chi connectivity index (χ1n) is 9.07. The second-order valence-corrected chi connectivity index (χ2v) is 6.68. The van der Waals surface area contributed by atoms with Crippen LogP contribution < -0.4 is 9.64 Å². The van der Waals surface area contributed by atoms with Gasteiger partial charge in [0.2, 0.25) is 0 Å². The molecule has 7 nitrogen and oxygen atoms in total. The van der Waals surface area contributed by atoms with Gasteiger partial charge in [-0.2, -0.15) is 0 Å². The highest BCUT2D eigenvalue weighted by Gasteiger charge is 2.27. The van der Waals surface area contributed by atoms with Crippen molar-refractivity contribution in [2.75, 3.05) is 25.1 Å². The van der Waals surface area contributed by atoms with Gasteiger partial charge in [0.05, 0.1) is 12.0 Å². The van der Waals surface area contributed by atoms with Gasteiger partial charge in [0.1, 0.15) is 11.4 Å². The molecular weight excluding hydrogens is 360 g/mol. The minimum absolute atomic E-state index is 0.0109. The van der Waals surface area contributed by atoms with Crippen LogP contribution in [0.2, 0.25) is 0 Å². The molecule has 0 bridgehead atoms. The Morgan fingerprint density at radius 3 is 2.61 bits per heavy atom. The summed E-state index contributed by atoms with van der Waals surface area (Å²) in [5, 5.41) is 20.3. The third-order valence-corrected chi connectivity index (χ3v) is 5.03. The number of para-hydroxylation sites is 1. The second kappa shape index (κ2) is 8.56. The van der Waals surface area contributed by atoms with E-state index in [-0.39, 0.29) is 5.69 Å². The van der Waals surface area contributed by atoms with Gasteiger partial charge < -0.3 is 14.7 Å². The number of piperidine rings is 1. The van der Waals surface area contributed by atoms with Crippen molar-refractivity contribution in [1.29, 1.82) is 0 Å². The van der Waals surface area contributed by atoms with Crippen LogP contribution >= 0.6 is 0 Å². The van der Waals surface area contributed by atoms with Crippen LogP contribution in [0.25, 0.3) is 6.08 Å². The van der Waals surface area contributed by atoms with E-state index >= 15 is 0 Å². The molecule has 0 unspecified atom stereocenters. The lowest BCUT2D eigenvalue weighted by molar-refractivity contribution is -0.384. The van der Waals surface area contributed by atoms with E-state index in [9.17, 15) is 14.9 Å². The summed E-state index contributed by atoms with van der Waals surface area (Å²) in [5.41, 5.74) is 2.22. The van der Waals surface area contributed by atoms with Crippen molar-refractivity contribution in [1.82, 2.24) is 0 Å². The average Bonchev–Trinajstić information content (AvgIpc) is 2.72. The molecule has 0 aromatic heterocycles. The summed E-state index contributed by atoms with van der Waals surface area (Å²) in [7, 11) is 1.66. The molecule has 2 aromatic rings. The van der Waals surface area contributed by atoms with Crippen molar-refractivity contribution in [2.45, 2.75) is 18.8 Å². The van der Waals surface area contributed by atoms with Gasteiger partial charge in [-0.05, 0) is 48.1 Å². The number of carboxylic acids is 1. The number of nitrogens with zero attached hydrogens (tertiary/aromatic N) is 2. The van der Waals surface area contributed by atoms with Crippen LogP contribution in [0.3, 0.4) is 0 Å². The molecule has 1 aliphatic rings. The fraction of sp³-hybridized carbons (Fsp3) is 0.286. The predicted octanol–water partition coefficient (Wildman–Crippen LogP) is 4.09. The summed E-state index contributed by atoms with van der Waals surface area (Å²) < 4.78 is 5.46. The molecule has 0 aliphatic carbocycles. The number of carbonyl (C=O) groups is 1. The molecule has 0 saturated carbocycles. The molecule has 0 spiro atoms. The van der Waals surface area contributed by atoms with Gasteiger partial charge in [-0.3, -0.25) is 10.1 Å². The molecule has 1 N–H and O–H groups in total. The number of aliphatic carboxylic acids is 1. The first-order valence-corrected chi connectivity index (χ1v) is 9.07. The number of hydrogen-bond donors (Lipinski definition) is 1. The lowest BCUT2D eigenvalue weighted by atomic mass is 9.88. The minimum atomic E-state index is -1.09. The fourth-order valence-electron chi connectivity index (χ4n) is 3.66. The Morgan fingerprint density at radius 1 is 1.25 bits per heavy atom. The van der Waals surface area contributed by atoms with Crippen LogP contribution in [-0.2, 0) is 4.79 Å². The highest BCUT2D eigenvalue weighted by Crippen LogP contribution is 2.37. The Balaban J connectivity index is 1.78. The number of rotatable bonds is 6. The van der Waals surface area contributed by atoms with Crippen LogP contribution in [0, 0.1) is 10.1 Å². The van der Waals surface area contributed by atoms with E-state index in [1.165, 1.54) is 17.7 Å². The summed E-state index contributed by atoms with van der Waals surface area (Å²) in [6.07, 6.45) is 4.07. The molecule has 1 heterocycles. The van der Waals surface area contributed by atoms with Crippen LogP contribution in [0.4, 0.5) is 11.4 Å². The molecule has 2 aromatic carbocycles. The molecule has 1 fully saturated rings. The lowest BCUT2D eigenvalue weighted by Gasteiger charge is -2.34. The van der Waals surface area contributed by atoms with Crippen molar-refractivity contribution >= 4 is 23.4 Å². The number of benzene rings is 2. The number of ether oxygens (including phenoxy) is 1. The summed E-state index contributed by atoms with van der Waals surface area (Å²) in [5.74, 6) is 0.135. The number of nitro benzene ring substituents is 1. The number of methoxy groups -OCH3 is 1. The van der Waals surface area contributed by atoms with Crippen LogP contribution in [0.15, 0.2) is 48.5 Å². The zero-order chi connectivity index (χ0) is 20.1. The lowest BCUT2D eigenvalue weighted by Crippen LogP contribution is -2.33. The predicted molar refractivity (Wildman–Crippen MR) is 107 cm³/mol. The van der Waals surface area contributed by atoms with E-state index in [0.29, 0.717) is 30.3 Å². The summed E-state index contributed by atoms with van der Waals surface area (Å²) in [6, 6.07) is 12.8. The van der Waals surface area contributed by atoms with Crippen molar-refractivity contribution in [3.63, 3.8) is 0 Å². The van der Waals surface area contributed by atoms with E-state index < -0.39 is 10.9 Å². The van der Waals surface area contributed by atoms with E-state index in [4.69, 9.17) is 9.84 Å². The molecule has 0 amide bonds. The molecule has 1 aliphatic heterocycles. The zero-order valence-corrected chi connectivity index (χ0v) is 15.6. The quantitative estimate of drug-likeness (QED) is 0.460. The van der Waals surface area contributed by atoms with Crippen LogP contribution in [-0.4, -0.2) is 36.2 Å². The number of anilines is 1. The van der Waals surface area contributed by atoms with E-state index in [1.807, 2.05) is 23.1 Å². The van der Waals surface area contributed by atoms with Gasteiger partial charge in [0.15, 0.2) is 0 Å². The summed E-state index contributed by atoms with van der Waals surface area (Å²) in [6.45, 7) is 1.40. The maximum atomic E-state index is 11.5. The number of nitro groups is 1. The molecule has 1 saturated heterocycles. The third kappa shape index (κ3) is 4.31. The standard InChI is InChI=1S/C21H22N2O5/c1-28-20-5-3-2-4-17(20)16-10-12-22(13-11-16)18-8-6-15(7-9-21(24)25)14-19(18)23(26)27/h2-9,14,16H,10-13H2,1H3,(H,24,25). The van der Waals surface area contributed by atoms with Crippen molar-refractivity contribution < 1.29 is 19.6 Å². The van der Waals surface area contributed by atoms with E-state index in [0.717, 1.165) is 24.7 Å². The Kier molecular flexibility index (Phi) is 5.93. The molecule has 28 heavy (non-hydrogen) atoms. The van der Waals surface area contributed by atoms with Gasteiger partial charge in [0.25, 0.3) is 5.69 Å². The van der Waals surface area contributed by atoms with Gasteiger partial charge in [-0.15, -0.1) is 0 Å². The van der Waals surface area contributed by atoms with Crippen molar-refractivity contribution in [2.24, 2.45) is 0 Å². The van der Waals surface area contributed by atoms with Gasteiger partial charge in [-0.1, -0.05) is 24.3 Å². The number of hydrogen-bond acceptors (Lipinski definition) is 5. The summed E-state index contributed by atoms with van der Waals surface area (Å²) in [4.78, 5) is 23.8. The van der Waals surface area contributed by atoms with Crippen molar-refractivity contribution in [3.05, 3.63) is 69.8 Å².